The molecule has 24 heavy (non-hydrogen) atoms. The van der Waals surface area contributed by atoms with Gasteiger partial charge < -0.3 is 14.4 Å². The third-order valence-electron chi connectivity index (χ3n) is 4.45. The van der Waals surface area contributed by atoms with Gasteiger partial charge in [0.2, 0.25) is 5.91 Å². The summed E-state index contributed by atoms with van der Waals surface area (Å²) < 4.78 is 11.2. The Kier molecular flexibility index (Phi) is 4.22. The van der Waals surface area contributed by atoms with Gasteiger partial charge in [-0.2, -0.15) is 0 Å². The van der Waals surface area contributed by atoms with E-state index in [1.54, 1.807) is 18.7 Å². The van der Waals surface area contributed by atoms with E-state index >= 15 is 0 Å². The molecule has 2 heterocycles. The second kappa shape index (κ2) is 6.19. The topological polar surface area (TPSA) is 59.1 Å². The summed E-state index contributed by atoms with van der Waals surface area (Å²) >= 11 is 0. The Hall–Kier alpha value is -2.50. The third-order valence-corrected chi connectivity index (χ3v) is 4.45. The molecule has 2 aliphatic rings. The van der Waals surface area contributed by atoms with Gasteiger partial charge in [0.25, 0.3) is 0 Å². The van der Waals surface area contributed by atoms with Crippen molar-refractivity contribution in [1.82, 2.24) is 0 Å². The van der Waals surface area contributed by atoms with E-state index in [9.17, 15) is 9.59 Å². The number of hydrogen-bond donors (Lipinski definition) is 0. The van der Waals surface area contributed by atoms with E-state index in [-0.39, 0.29) is 12.5 Å². The van der Waals surface area contributed by atoms with Crippen LogP contribution in [-0.2, 0) is 19.1 Å². The summed E-state index contributed by atoms with van der Waals surface area (Å²) in [6.45, 7) is 8.03. The van der Waals surface area contributed by atoms with Crippen LogP contribution in [0.15, 0.2) is 35.6 Å². The van der Waals surface area contributed by atoms with Crippen LogP contribution < -0.4 is 9.80 Å². The Morgan fingerprint density at radius 2 is 1.88 bits per heavy atom. The molecule has 6 heteroatoms. The normalized spacial score (nSPS) is 22.0. The van der Waals surface area contributed by atoms with Crippen LogP contribution in [0.3, 0.4) is 0 Å². The second-order valence-corrected chi connectivity index (χ2v) is 5.81. The number of allylic oxidation sites excluding steroid dienone is 1. The Bertz CT molecular complexity index is 713. The molecule has 0 aliphatic carbocycles. The number of ether oxygens (including phenoxy) is 2. The molecule has 1 aromatic rings. The van der Waals surface area contributed by atoms with Crippen LogP contribution in [0.1, 0.15) is 27.7 Å². The van der Waals surface area contributed by atoms with Gasteiger partial charge in [-0.3, -0.25) is 9.69 Å². The van der Waals surface area contributed by atoms with Gasteiger partial charge in [0.15, 0.2) is 6.23 Å². The molecule has 0 spiro atoms. The summed E-state index contributed by atoms with van der Waals surface area (Å²) in [5.74, 6) is -0.0431. The van der Waals surface area contributed by atoms with E-state index in [2.05, 4.69) is 4.90 Å². The minimum absolute atomic E-state index is 0.131. The maximum Gasteiger partial charge on any atom is 0.339 e. The number of hydrogen-bond acceptors (Lipinski definition) is 5. The number of anilines is 2. The lowest BCUT2D eigenvalue weighted by atomic mass is 9.98. The maximum absolute atomic E-state index is 12.5. The predicted octanol–water partition coefficient (Wildman–Crippen LogP) is 2.44. The first-order valence-corrected chi connectivity index (χ1v) is 8.21. The molecule has 1 aromatic carbocycles. The van der Waals surface area contributed by atoms with Crippen LogP contribution >= 0.6 is 0 Å². The summed E-state index contributed by atoms with van der Waals surface area (Å²) in [5.41, 5.74) is 2.13. The van der Waals surface area contributed by atoms with Crippen molar-refractivity contribution in [3.8, 4) is 0 Å². The molecule has 0 fully saturated rings. The van der Waals surface area contributed by atoms with Crippen molar-refractivity contribution in [3.63, 3.8) is 0 Å². The van der Waals surface area contributed by atoms with E-state index in [4.69, 9.17) is 9.47 Å². The summed E-state index contributed by atoms with van der Waals surface area (Å²) in [5, 5.41) is 0. The SMILES string of the molecule is CCOC(=O)C1=C(C)O[C@H]2[C@H]1N(C(C)=O)c1ccccc1N2CC. The fraction of sp³-hybridized carbons (Fsp3) is 0.444. The molecule has 6 nitrogen and oxygen atoms in total. The van der Waals surface area contributed by atoms with Crippen LogP contribution in [0.4, 0.5) is 11.4 Å². The summed E-state index contributed by atoms with van der Waals surface area (Å²) in [4.78, 5) is 28.6. The molecule has 1 amide bonds. The van der Waals surface area contributed by atoms with Crippen molar-refractivity contribution < 1.29 is 19.1 Å². The lowest BCUT2D eigenvalue weighted by Crippen LogP contribution is -2.57. The van der Waals surface area contributed by atoms with Crippen molar-refractivity contribution in [3.05, 3.63) is 35.6 Å². The van der Waals surface area contributed by atoms with Gasteiger partial charge in [-0.05, 0) is 32.9 Å². The second-order valence-electron chi connectivity index (χ2n) is 5.81. The van der Waals surface area contributed by atoms with Crippen LogP contribution in [-0.4, -0.2) is 37.3 Å². The van der Waals surface area contributed by atoms with Crippen molar-refractivity contribution in [2.45, 2.75) is 40.0 Å². The standard InChI is InChI=1S/C18H22N2O4/c1-5-19-13-9-7-8-10-14(13)20(12(4)21)16-15(18(22)23-6-2)11(3)24-17(16)19/h7-10,16-17H,5-6H2,1-4H3/t16-,17-/m0/s1. The number of carbonyl (C=O) groups is 2. The van der Waals surface area contributed by atoms with Gasteiger partial charge >= 0.3 is 5.97 Å². The Labute approximate surface area is 141 Å². The number of benzene rings is 1. The van der Waals surface area contributed by atoms with Crippen LogP contribution in [0.25, 0.3) is 0 Å². The monoisotopic (exact) mass is 330 g/mol. The molecular weight excluding hydrogens is 308 g/mol. The number of nitrogens with zero attached hydrogens (tertiary/aromatic N) is 2. The number of rotatable bonds is 3. The number of esters is 1. The highest BCUT2D eigenvalue weighted by molar-refractivity contribution is 6.02. The van der Waals surface area contributed by atoms with Gasteiger partial charge in [-0.15, -0.1) is 0 Å². The molecule has 0 bridgehead atoms. The zero-order valence-electron chi connectivity index (χ0n) is 14.4. The van der Waals surface area contributed by atoms with Gasteiger partial charge in [0, 0.05) is 13.5 Å². The zero-order valence-corrected chi connectivity index (χ0v) is 14.4. The molecule has 0 radical (unpaired) electrons. The Morgan fingerprint density at radius 3 is 2.46 bits per heavy atom. The van der Waals surface area contributed by atoms with E-state index in [1.165, 1.54) is 6.92 Å². The van der Waals surface area contributed by atoms with E-state index in [1.807, 2.05) is 31.2 Å². The Morgan fingerprint density at radius 1 is 1.21 bits per heavy atom. The highest BCUT2D eigenvalue weighted by atomic mass is 16.5. The summed E-state index contributed by atoms with van der Waals surface area (Å²) in [7, 11) is 0. The molecule has 2 atom stereocenters. The zero-order chi connectivity index (χ0) is 17.4. The average Bonchev–Trinajstić information content (AvgIpc) is 2.88. The smallest absolute Gasteiger partial charge is 0.339 e. The minimum Gasteiger partial charge on any atom is -0.472 e. The molecule has 0 saturated heterocycles. The van der Waals surface area contributed by atoms with Gasteiger partial charge in [-0.25, -0.2) is 4.79 Å². The molecule has 128 valence electrons. The van der Waals surface area contributed by atoms with Gasteiger partial charge in [0.05, 0.1) is 18.0 Å². The van der Waals surface area contributed by atoms with Crippen molar-refractivity contribution in [2.24, 2.45) is 0 Å². The first-order valence-electron chi connectivity index (χ1n) is 8.21. The highest BCUT2D eigenvalue weighted by Crippen LogP contribution is 2.44. The van der Waals surface area contributed by atoms with Crippen molar-refractivity contribution in [2.75, 3.05) is 23.0 Å². The lowest BCUT2D eigenvalue weighted by Gasteiger charge is -2.45. The first-order chi connectivity index (χ1) is 11.5. The molecule has 0 unspecified atom stereocenters. The van der Waals surface area contributed by atoms with Crippen LogP contribution in [0, 0.1) is 0 Å². The lowest BCUT2D eigenvalue weighted by molar-refractivity contribution is -0.138. The van der Waals surface area contributed by atoms with Crippen LogP contribution in [0.2, 0.25) is 0 Å². The van der Waals surface area contributed by atoms with Gasteiger partial charge in [0.1, 0.15) is 17.4 Å². The number of carbonyl (C=O) groups excluding carboxylic acids is 2. The fourth-order valence-corrected chi connectivity index (χ4v) is 3.54. The highest BCUT2D eigenvalue weighted by Gasteiger charge is 2.50. The number of para-hydroxylation sites is 2. The number of fused-ring (bicyclic) bond motifs is 2. The van der Waals surface area contributed by atoms with Gasteiger partial charge in [-0.1, -0.05) is 12.1 Å². The molecule has 0 saturated carbocycles. The quantitative estimate of drug-likeness (QED) is 0.797. The molecule has 0 N–H and O–H groups in total. The van der Waals surface area contributed by atoms with E-state index in [0.29, 0.717) is 17.9 Å². The van der Waals surface area contributed by atoms with E-state index in [0.717, 1.165) is 11.4 Å². The minimum atomic E-state index is -0.503. The predicted molar refractivity (Wildman–Crippen MR) is 90.6 cm³/mol. The largest absolute Gasteiger partial charge is 0.472 e. The number of amides is 1. The molecular formula is C18H22N2O4. The summed E-state index contributed by atoms with van der Waals surface area (Å²) in [6, 6.07) is 7.18. The average molecular weight is 330 g/mol. The fourth-order valence-electron chi connectivity index (χ4n) is 3.54. The Balaban J connectivity index is 2.15. The van der Waals surface area contributed by atoms with E-state index < -0.39 is 18.2 Å². The summed E-state index contributed by atoms with van der Waals surface area (Å²) in [6.07, 6.45) is -0.423. The van der Waals surface area contributed by atoms with Crippen LogP contribution in [0.5, 0.6) is 0 Å². The molecule has 0 aromatic heterocycles. The molecule has 3 rings (SSSR count). The maximum atomic E-state index is 12.5. The third kappa shape index (κ3) is 2.33. The van der Waals surface area contributed by atoms with Crippen molar-refractivity contribution in [1.29, 1.82) is 0 Å². The van der Waals surface area contributed by atoms with Crippen molar-refractivity contribution >= 4 is 23.3 Å². The first kappa shape index (κ1) is 16.4. The number of likely N-dealkylation sites (N-methyl/N-ethyl adjacent to an activating group) is 1. The molecule has 2 aliphatic heterocycles.